The van der Waals surface area contributed by atoms with Crippen molar-refractivity contribution in [1.82, 2.24) is 4.90 Å². The molecule has 1 aliphatic rings. The monoisotopic (exact) mass is 273 g/mol. The van der Waals surface area contributed by atoms with Crippen LogP contribution in [0, 0.1) is 11.8 Å². The van der Waals surface area contributed by atoms with Gasteiger partial charge in [0.2, 0.25) is 5.91 Å². The molecule has 0 saturated carbocycles. The van der Waals surface area contributed by atoms with Gasteiger partial charge in [0.05, 0.1) is 0 Å². The number of piperidine rings is 1. The number of hydrogen-bond donors (Lipinski definition) is 0. The van der Waals surface area contributed by atoms with Crippen molar-refractivity contribution in [2.75, 3.05) is 19.0 Å². The molecule has 0 N–H and O–H groups in total. The molecule has 2 unspecified atom stereocenters. The average molecular weight is 274 g/mol. The van der Waals surface area contributed by atoms with Crippen molar-refractivity contribution < 1.29 is 4.79 Å². The number of carbonyl (C=O) groups excluding carboxylic acids is 1. The lowest BCUT2D eigenvalue weighted by Crippen LogP contribution is -2.43. The Labute approximate surface area is 117 Å². The van der Waals surface area contributed by atoms with E-state index in [2.05, 4.69) is 18.7 Å². The first-order valence-electron chi connectivity index (χ1n) is 7.57. The predicted octanol–water partition coefficient (Wildman–Crippen LogP) is 4.07. The summed E-state index contributed by atoms with van der Waals surface area (Å²) in [6.07, 6.45) is 7.83. The number of hydrogen-bond acceptors (Lipinski definition) is 1. The second-order valence-corrected chi connectivity index (χ2v) is 5.90. The molecule has 0 aromatic rings. The number of rotatable bonds is 7. The molecule has 18 heavy (non-hydrogen) atoms. The third-order valence-electron chi connectivity index (χ3n) is 4.10. The first-order chi connectivity index (χ1) is 8.72. The fourth-order valence-corrected chi connectivity index (χ4v) is 3.17. The molecular weight excluding hydrogens is 246 g/mol. The average Bonchev–Trinajstić information content (AvgIpc) is 2.40. The fraction of sp³-hybridized carbons (Fsp3) is 0.933. The van der Waals surface area contributed by atoms with Crippen LogP contribution in [-0.2, 0) is 4.79 Å². The lowest BCUT2D eigenvalue weighted by atomic mass is 9.92. The summed E-state index contributed by atoms with van der Waals surface area (Å²) in [5.41, 5.74) is 0. The van der Waals surface area contributed by atoms with Gasteiger partial charge >= 0.3 is 0 Å². The fourth-order valence-electron chi connectivity index (χ4n) is 2.87. The zero-order valence-electron chi connectivity index (χ0n) is 12.0. The summed E-state index contributed by atoms with van der Waals surface area (Å²) < 4.78 is 0. The number of halogens is 1. The number of unbranched alkanes of at least 4 members (excludes halogenated alkanes) is 1. The van der Waals surface area contributed by atoms with Gasteiger partial charge in [-0.3, -0.25) is 4.79 Å². The van der Waals surface area contributed by atoms with Crippen LogP contribution in [0.4, 0.5) is 0 Å². The van der Waals surface area contributed by atoms with Gasteiger partial charge in [-0.15, -0.1) is 11.6 Å². The molecule has 1 heterocycles. The van der Waals surface area contributed by atoms with Gasteiger partial charge in [0.25, 0.3) is 0 Å². The summed E-state index contributed by atoms with van der Waals surface area (Å²) in [6, 6.07) is 0. The Morgan fingerprint density at radius 1 is 1.44 bits per heavy atom. The van der Waals surface area contributed by atoms with E-state index in [1.54, 1.807) is 0 Å². The van der Waals surface area contributed by atoms with Crippen LogP contribution in [0.3, 0.4) is 0 Å². The van der Waals surface area contributed by atoms with Crippen LogP contribution < -0.4 is 0 Å². The van der Waals surface area contributed by atoms with Crippen molar-refractivity contribution in [1.29, 1.82) is 0 Å². The number of amides is 1. The van der Waals surface area contributed by atoms with Crippen LogP contribution >= 0.6 is 11.6 Å². The summed E-state index contributed by atoms with van der Waals surface area (Å²) >= 11 is 5.82. The molecule has 0 spiro atoms. The topological polar surface area (TPSA) is 20.3 Å². The smallest absolute Gasteiger partial charge is 0.225 e. The third kappa shape index (κ3) is 4.79. The normalized spacial score (nSPS) is 21.9. The van der Waals surface area contributed by atoms with E-state index in [-0.39, 0.29) is 5.92 Å². The zero-order chi connectivity index (χ0) is 13.4. The summed E-state index contributed by atoms with van der Waals surface area (Å²) in [4.78, 5) is 14.6. The Bertz CT molecular complexity index is 243. The number of carbonyl (C=O) groups is 1. The molecule has 0 aromatic heterocycles. The van der Waals surface area contributed by atoms with Crippen LogP contribution in [0.25, 0.3) is 0 Å². The molecule has 0 aliphatic carbocycles. The minimum absolute atomic E-state index is 0.250. The Morgan fingerprint density at radius 2 is 2.22 bits per heavy atom. The molecule has 0 aromatic carbocycles. The SMILES string of the molecule is CCCCC(CC)C(=O)N1CCCC(CCCl)C1. The maximum atomic E-state index is 12.5. The second-order valence-electron chi connectivity index (χ2n) is 5.52. The molecule has 2 atom stereocenters. The summed E-state index contributed by atoms with van der Waals surface area (Å²) in [5.74, 6) is 1.99. The Morgan fingerprint density at radius 3 is 2.83 bits per heavy atom. The van der Waals surface area contributed by atoms with Gasteiger partial charge in [0, 0.05) is 24.9 Å². The Kier molecular flexibility index (Phi) is 7.73. The molecule has 1 amide bonds. The zero-order valence-corrected chi connectivity index (χ0v) is 12.7. The largest absolute Gasteiger partial charge is 0.342 e. The Hall–Kier alpha value is -0.240. The number of nitrogens with zero attached hydrogens (tertiary/aromatic N) is 1. The molecular formula is C15H28ClNO. The van der Waals surface area contributed by atoms with Crippen molar-refractivity contribution in [2.24, 2.45) is 11.8 Å². The third-order valence-corrected chi connectivity index (χ3v) is 4.31. The van der Waals surface area contributed by atoms with Crippen molar-refractivity contribution in [2.45, 2.75) is 58.8 Å². The van der Waals surface area contributed by atoms with Gasteiger partial charge in [-0.25, -0.2) is 0 Å². The lowest BCUT2D eigenvalue weighted by Gasteiger charge is -2.34. The number of likely N-dealkylation sites (tertiary alicyclic amines) is 1. The molecule has 0 bridgehead atoms. The van der Waals surface area contributed by atoms with Crippen LogP contribution in [-0.4, -0.2) is 29.8 Å². The summed E-state index contributed by atoms with van der Waals surface area (Å²) in [6.45, 7) is 6.22. The van der Waals surface area contributed by atoms with Gasteiger partial charge in [-0.2, -0.15) is 0 Å². The van der Waals surface area contributed by atoms with Crippen LogP contribution in [0.15, 0.2) is 0 Å². The Balaban J connectivity index is 2.47. The van der Waals surface area contributed by atoms with Gasteiger partial charge in [0.1, 0.15) is 0 Å². The number of alkyl halides is 1. The van der Waals surface area contributed by atoms with Crippen molar-refractivity contribution in [3.8, 4) is 0 Å². The summed E-state index contributed by atoms with van der Waals surface area (Å²) in [5, 5.41) is 0. The van der Waals surface area contributed by atoms with Gasteiger partial charge < -0.3 is 4.90 Å². The molecule has 3 heteroatoms. The second kappa shape index (κ2) is 8.79. The van der Waals surface area contributed by atoms with Crippen molar-refractivity contribution in [3.05, 3.63) is 0 Å². The highest BCUT2D eigenvalue weighted by Crippen LogP contribution is 2.23. The highest BCUT2D eigenvalue weighted by Gasteiger charge is 2.27. The van der Waals surface area contributed by atoms with Crippen LogP contribution in [0.1, 0.15) is 58.8 Å². The van der Waals surface area contributed by atoms with Gasteiger partial charge in [0.15, 0.2) is 0 Å². The molecule has 106 valence electrons. The lowest BCUT2D eigenvalue weighted by molar-refractivity contribution is -0.137. The van der Waals surface area contributed by atoms with Crippen LogP contribution in [0.2, 0.25) is 0 Å². The first-order valence-corrected chi connectivity index (χ1v) is 8.11. The maximum Gasteiger partial charge on any atom is 0.225 e. The molecule has 1 aliphatic heterocycles. The standard InChI is InChI=1S/C15H28ClNO/c1-3-5-8-14(4-2)15(18)17-11-6-7-13(12-17)9-10-16/h13-14H,3-12H2,1-2H3. The first kappa shape index (κ1) is 15.8. The van der Waals surface area contributed by atoms with Crippen molar-refractivity contribution in [3.63, 3.8) is 0 Å². The highest BCUT2D eigenvalue weighted by molar-refractivity contribution is 6.17. The predicted molar refractivity (Wildman–Crippen MR) is 77.9 cm³/mol. The molecule has 1 saturated heterocycles. The van der Waals surface area contributed by atoms with E-state index in [1.165, 1.54) is 19.3 Å². The molecule has 1 rings (SSSR count). The minimum Gasteiger partial charge on any atom is -0.342 e. The van der Waals surface area contributed by atoms with E-state index in [4.69, 9.17) is 11.6 Å². The van der Waals surface area contributed by atoms with E-state index in [1.807, 2.05) is 0 Å². The van der Waals surface area contributed by atoms with E-state index in [0.717, 1.165) is 44.7 Å². The minimum atomic E-state index is 0.250. The van der Waals surface area contributed by atoms with Crippen molar-refractivity contribution >= 4 is 17.5 Å². The van der Waals surface area contributed by atoms with E-state index < -0.39 is 0 Å². The summed E-state index contributed by atoms with van der Waals surface area (Å²) in [7, 11) is 0. The van der Waals surface area contributed by atoms with Crippen LogP contribution in [0.5, 0.6) is 0 Å². The van der Waals surface area contributed by atoms with Gasteiger partial charge in [-0.05, 0) is 38.0 Å². The van der Waals surface area contributed by atoms with E-state index in [9.17, 15) is 4.79 Å². The molecule has 2 nitrogen and oxygen atoms in total. The maximum absolute atomic E-state index is 12.5. The van der Waals surface area contributed by atoms with Gasteiger partial charge in [-0.1, -0.05) is 26.7 Å². The van der Waals surface area contributed by atoms with E-state index in [0.29, 0.717) is 11.8 Å². The quantitative estimate of drug-likeness (QED) is 0.641. The molecule has 1 fully saturated rings. The molecule has 0 radical (unpaired) electrons. The highest BCUT2D eigenvalue weighted by atomic mass is 35.5. The van der Waals surface area contributed by atoms with E-state index >= 15 is 0 Å².